The molecule has 0 aliphatic heterocycles. The average Bonchev–Trinajstić information content (AvgIpc) is 2.65. The third kappa shape index (κ3) is 2.01. The SMILES string of the molecule is COC(=O)c1n[n]([Tl])c2ccc([N+](=O)[O-])cc12. The van der Waals surface area contributed by atoms with E-state index in [2.05, 4.69) is 9.84 Å². The van der Waals surface area contributed by atoms with E-state index in [1.54, 1.807) is 8.56 Å². The van der Waals surface area contributed by atoms with Crippen molar-refractivity contribution in [3.63, 3.8) is 0 Å². The fraction of sp³-hybridized carbons (Fsp3) is 0.111. The zero-order valence-electron chi connectivity index (χ0n) is 8.78. The molecular weight excluding hydrogens is 418 g/mol. The summed E-state index contributed by atoms with van der Waals surface area (Å²) in [5.41, 5.74) is 0.760. The number of esters is 1. The number of aromatic nitrogens is 2. The molecule has 0 atom stereocenters. The zero-order chi connectivity index (χ0) is 12.6. The number of ether oxygens (including phenoxy) is 1. The summed E-state index contributed by atoms with van der Waals surface area (Å²) >= 11 is 0.363. The number of non-ortho nitro benzene ring substituents is 1. The first-order valence-corrected chi connectivity index (χ1v) is 6.56. The van der Waals surface area contributed by atoms with Crippen LogP contribution in [-0.2, 0) is 4.74 Å². The number of rotatable bonds is 2. The molecule has 1 aromatic heterocycles. The summed E-state index contributed by atoms with van der Waals surface area (Å²) in [5, 5.41) is 15.2. The number of carbonyl (C=O) groups excluding carboxylic acids is 1. The Morgan fingerprint density at radius 2 is 2.29 bits per heavy atom. The van der Waals surface area contributed by atoms with Gasteiger partial charge in [-0.1, -0.05) is 0 Å². The van der Waals surface area contributed by atoms with Gasteiger partial charge in [-0.2, -0.15) is 0 Å². The second-order valence-corrected chi connectivity index (χ2v) is 5.14. The van der Waals surface area contributed by atoms with E-state index in [1.165, 1.54) is 19.2 Å². The molecule has 0 bridgehead atoms. The molecule has 0 N–H and O–H groups in total. The van der Waals surface area contributed by atoms with Crippen LogP contribution in [0.2, 0.25) is 0 Å². The molecule has 2 aromatic rings. The number of nitro benzene ring substituents is 1. The molecule has 8 heteroatoms. The predicted octanol–water partition coefficient (Wildman–Crippen LogP) is 0.663. The number of fused-ring (bicyclic) bond motifs is 1. The van der Waals surface area contributed by atoms with Crippen molar-refractivity contribution in [1.82, 2.24) is 7.59 Å². The molecule has 2 rings (SSSR count). The summed E-state index contributed by atoms with van der Waals surface area (Å²) in [6.45, 7) is 0. The van der Waals surface area contributed by atoms with Crippen molar-refractivity contribution in [3.05, 3.63) is 34.0 Å². The molecule has 0 amide bonds. The van der Waals surface area contributed by atoms with Crippen molar-refractivity contribution in [1.29, 1.82) is 0 Å². The van der Waals surface area contributed by atoms with Crippen molar-refractivity contribution in [2.75, 3.05) is 7.11 Å². The van der Waals surface area contributed by atoms with Gasteiger partial charge in [-0.25, -0.2) is 0 Å². The third-order valence-electron chi connectivity index (χ3n) is 2.28. The van der Waals surface area contributed by atoms with E-state index in [0.717, 1.165) is 0 Å². The number of methoxy groups -OCH3 is 1. The van der Waals surface area contributed by atoms with E-state index in [-0.39, 0.29) is 11.4 Å². The normalized spacial score (nSPS) is 10.4. The molecule has 7 nitrogen and oxygen atoms in total. The summed E-state index contributed by atoms with van der Waals surface area (Å²) < 4.78 is 6.24. The van der Waals surface area contributed by atoms with Crippen molar-refractivity contribution < 1.29 is 14.5 Å². The Labute approximate surface area is 112 Å². The van der Waals surface area contributed by atoms with Crippen LogP contribution in [0.5, 0.6) is 0 Å². The van der Waals surface area contributed by atoms with Gasteiger partial charge in [0, 0.05) is 0 Å². The average molecular weight is 425 g/mol. The van der Waals surface area contributed by atoms with Gasteiger partial charge in [0.2, 0.25) is 0 Å². The Morgan fingerprint density at radius 3 is 2.88 bits per heavy atom. The second kappa shape index (κ2) is 4.39. The second-order valence-electron chi connectivity index (χ2n) is 3.24. The van der Waals surface area contributed by atoms with Gasteiger partial charge in [0.05, 0.1) is 0 Å². The Kier molecular flexibility index (Phi) is 3.09. The van der Waals surface area contributed by atoms with Crippen LogP contribution in [0.4, 0.5) is 5.69 Å². The molecule has 0 saturated heterocycles. The van der Waals surface area contributed by atoms with Crippen molar-refractivity contribution in [2.45, 2.75) is 0 Å². The van der Waals surface area contributed by atoms with E-state index in [1.807, 2.05) is 0 Å². The molecule has 1 aromatic carbocycles. The summed E-state index contributed by atoms with van der Waals surface area (Å²) in [4.78, 5) is 21.6. The van der Waals surface area contributed by atoms with Gasteiger partial charge in [0.25, 0.3) is 0 Å². The van der Waals surface area contributed by atoms with Crippen molar-refractivity contribution in [2.24, 2.45) is 0 Å². The molecule has 0 spiro atoms. The first kappa shape index (κ1) is 12.0. The number of hydrogen-bond donors (Lipinski definition) is 0. The fourth-order valence-electron chi connectivity index (χ4n) is 1.49. The van der Waals surface area contributed by atoms with Gasteiger partial charge in [0.1, 0.15) is 0 Å². The summed E-state index contributed by atoms with van der Waals surface area (Å²) in [6.07, 6.45) is 0. The van der Waals surface area contributed by atoms with Gasteiger partial charge in [0.15, 0.2) is 0 Å². The Balaban J connectivity index is 2.73. The van der Waals surface area contributed by atoms with Crippen molar-refractivity contribution in [3.8, 4) is 0 Å². The van der Waals surface area contributed by atoms with E-state index in [0.29, 0.717) is 37.0 Å². The van der Waals surface area contributed by atoms with Crippen LogP contribution in [-0.4, -0.2) is 51.7 Å². The summed E-state index contributed by atoms with van der Waals surface area (Å²) in [5.74, 6) is -0.588. The maximum atomic E-state index is 11.5. The molecule has 0 aliphatic carbocycles. The molecule has 17 heavy (non-hydrogen) atoms. The zero-order valence-corrected chi connectivity index (χ0v) is 13.3. The number of carbonyl (C=O) groups is 1. The van der Waals surface area contributed by atoms with Crippen LogP contribution in [0.3, 0.4) is 0 Å². The van der Waals surface area contributed by atoms with E-state index in [4.69, 9.17) is 0 Å². The number of hydrogen-bond acceptors (Lipinski definition) is 5. The fourth-order valence-corrected chi connectivity index (χ4v) is 2.81. The van der Waals surface area contributed by atoms with Gasteiger partial charge in [-0.15, -0.1) is 0 Å². The molecule has 84 valence electrons. The Morgan fingerprint density at radius 1 is 1.59 bits per heavy atom. The van der Waals surface area contributed by atoms with Gasteiger partial charge in [-0.3, -0.25) is 0 Å². The van der Waals surface area contributed by atoms with E-state index >= 15 is 0 Å². The standard InChI is InChI=1S/C9H7N3O4.Tl/c1-16-9(13)8-6-4-5(12(14)15)2-3-7(6)10-11-8;/h2-4H,1H3,(H,10,11,13);/q;+1/p-1. The molecule has 0 fully saturated rings. The quantitative estimate of drug-likeness (QED) is 0.306. The molecule has 0 aliphatic rings. The Hall–Kier alpha value is -1.52. The van der Waals surface area contributed by atoms with Crippen LogP contribution in [0.25, 0.3) is 10.9 Å². The van der Waals surface area contributed by atoms with Crippen LogP contribution in [0.15, 0.2) is 18.2 Å². The van der Waals surface area contributed by atoms with Gasteiger partial charge < -0.3 is 0 Å². The van der Waals surface area contributed by atoms with Crippen LogP contribution < -0.4 is 0 Å². The third-order valence-corrected chi connectivity index (χ3v) is 3.81. The molecule has 1 heterocycles. The van der Waals surface area contributed by atoms with Gasteiger partial charge in [-0.05, 0) is 0 Å². The van der Waals surface area contributed by atoms with Crippen LogP contribution in [0, 0.1) is 10.1 Å². The van der Waals surface area contributed by atoms with Crippen LogP contribution in [0.1, 0.15) is 10.5 Å². The van der Waals surface area contributed by atoms with E-state index in [9.17, 15) is 14.9 Å². The molecular formula is C9H6N3O4Tl. The number of nitro groups is 1. The van der Waals surface area contributed by atoms with E-state index < -0.39 is 10.9 Å². The number of nitrogens with zero attached hydrogens (tertiary/aromatic N) is 3. The molecule has 0 unspecified atom stereocenters. The maximum absolute atomic E-state index is 11.5. The minimum absolute atomic E-state index is 0.0688. The topological polar surface area (TPSA) is 87.3 Å². The summed E-state index contributed by atoms with van der Waals surface area (Å²) in [7, 11) is 1.25. The predicted molar refractivity (Wildman–Crippen MR) is 58.9 cm³/mol. The molecule has 0 radical (unpaired) electrons. The monoisotopic (exact) mass is 425 g/mol. The van der Waals surface area contributed by atoms with Crippen LogP contribution >= 0.6 is 0 Å². The number of benzene rings is 1. The first-order chi connectivity index (χ1) is 8.04. The first-order valence-electron chi connectivity index (χ1n) is 4.55. The van der Waals surface area contributed by atoms with Crippen molar-refractivity contribution >= 4 is 48.6 Å². The summed E-state index contributed by atoms with van der Waals surface area (Å²) in [6, 6.07) is 4.32. The molecule has 0 saturated carbocycles. The minimum atomic E-state index is -0.588. The Bertz CT molecular complexity index is 622. The van der Waals surface area contributed by atoms with Gasteiger partial charge >= 0.3 is 112 Å².